The lowest BCUT2D eigenvalue weighted by Gasteiger charge is -2.49. The second-order valence-corrected chi connectivity index (χ2v) is 22.0. The SMILES string of the molecule is N#Cc1ccc(-c2c(-c3ccccc3)c(-c3ccc(C#N)cc3)c(N3c4ccccc4C(c4ccccc4)(c4ccccc4)c4ccccc43)c(-c3ccccc3)c2N2c3ccccc3C(c3ccccc3)(c3ccccc3)c3ccccc32)cc1. The Hall–Kier alpha value is -11.6. The quantitative estimate of drug-likeness (QED) is 0.137. The third kappa shape index (κ3) is 7.89. The van der Waals surface area contributed by atoms with Crippen molar-refractivity contribution in [2.24, 2.45) is 0 Å². The lowest BCUT2D eigenvalue weighted by molar-refractivity contribution is 0.730. The van der Waals surface area contributed by atoms with Gasteiger partial charge in [0.15, 0.2) is 0 Å². The molecule has 4 nitrogen and oxygen atoms in total. The normalized spacial score (nSPS) is 13.2. The van der Waals surface area contributed by atoms with Gasteiger partial charge in [-0.25, -0.2) is 0 Å². The molecule has 0 amide bonds. The predicted octanol–water partition coefficient (Wildman–Crippen LogP) is 20.4. The Morgan fingerprint density at radius 3 is 0.733 bits per heavy atom. The lowest BCUT2D eigenvalue weighted by Crippen LogP contribution is -2.38. The first-order valence-electron chi connectivity index (χ1n) is 29.2. The van der Waals surface area contributed by atoms with Gasteiger partial charge in [-0.05, 0) is 115 Å². The Labute approximate surface area is 502 Å². The van der Waals surface area contributed by atoms with Crippen molar-refractivity contribution in [2.45, 2.75) is 10.8 Å². The molecule has 0 bridgehead atoms. The van der Waals surface area contributed by atoms with Crippen LogP contribution in [0.5, 0.6) is 0 Å². The molecular weight excluding hydrogens is 1040 g/mol. The van der Waals surface area contributed by atoms with Crippen LogP contribution in [0.1, 0.15) is 55.6 Å². The van der Waals surface area contributed by atoms with Crippen LogP contribution in [0.2, 0.25) is 0 Å². The van der Waals surface area contributed by atoms with Gasteiger partial charge in [0.05, 0.1) is 68.2 Å². The summed E-state index contributed by atoms with van der Waals surface area (Å²) < 4.78 is 0. The molecule has 4 heteroatoms. The molecule has 2 aliphatic rings. The standard InChI is InChI=1S/C82H54N4/c83-55-57-47-51-61(52-48-57)76-75(59-27-7-1-8-28-59)77(62-53-49-58(56-84)50-54-62)80(86-73-45-25-21-41-69(73)82(65-35-15-5-16-36-65,66-37-17-6-18-38-66)70-42-22-26-46-74(70)86)78(60-29-9-2-10-30-60)79(76)85-71-43-23-19-39-67(71)81(63-31-11-3-12-32-63,64-33-13-4-14-34-64)68-40-20-24-44-72(68)85/h1-54H. The van der Waals surface area contributed by atoms with Crippen molar-refractivity contribution < 1.29 is 0 Å². The van der Waals surface area contributed by atoms with Crippen molar-refractivity contribution in [3.8, 4) is 56.6 Å². The van der Waals surface area contributed by atoms with E-state index in [4.69, 9.17) is 0 Å². The fourth-order valence-corrected chi connectivity index (χ4v) is 14.2. The van der Waals surface area contributed by atoms with Crippen LogP contribution in [0, 0.1) is 22.7 Å². The van der Waals surface area contributed by atoms with Gasteiger partial charge < -0.3 is 9.80 Å². The van der Waals surface area contributed by atoms with Crippen molar-refractivity contribution in [3.05, 3.63) is 383 Å². The second-order valence-electron chi connectivity index (χ2n) is 22.0. The number of benzene rings is 13. The number of rotatable bonds is 10. The highest BCUT2D eigenvalue weighted by Crippen LogP contribution is 2.67. The average molecular weight is 1100 g/mol. The van der Waals surface area contributed by atoms with E-state index in [2.05, 4.69) is 325 Å². The Morgan fingerprint density at radius 1 is 0.221 bits per heavy atom. The summed E-state index contributed by atoms with van der Waals surface area (Å²) in [6, 6.07) is 123. The van der Waals surface area contributed by atoms with Gasteiger partial charge in [-0.1, -0.05) is 279 Å². The second kappa shape index (κ2) is 21.3. The molecule has 0 radical (unpaired) electrons. The summed E-state index contributed by atoms with van der Waals surface area (Å²) in [5.74, 6) is 0. The largest absolute Gasteiger partial charge is 0.308 e. The van der Waals surface area contributed by atoms with E-state index in [9.17, 15) is 10.5 Å². The van der Waals surface area contributed by atoms with Gasteiger partial charge in [0.25, 0.3) is 0 Å². The van der Waals surface area contributed by atoms with Crippen molar-refractivity contribution in [2.75, 3.05) is 9.80 Å². The van der Waals surface area contributed by atoms with Gasteiger partial charge in [0.2, 0.25) is 0 Å². The van der Waals surface area contributed by atoms with Crippen molar-refractivity contribution in [3.63, 3.8) is 0 Å². The van der Waals surface area contributed by atoms with E-state index >= 15 is 0 Å². The Morgan fingerprint density at radius 2 is 0.453 bits per heavy atom. The molecule has 0 spiro atoms. The molecule has 2 heterocycles. The Kier molecular flexibility index (Phi) is 12.7. The van der Waals surface area contributed by atoms with E-state index in [1.807, 2.05) is 24.3 Å². The number of hydrogen-bond acceptors (Lipinski definition) is 4. The molecule has 13 aromatic carbocycles. The molecule has 13 aromatic rings. The number of anilines is 6. The van der Waals surface area contributed by atoms with Gasteiger partial charge in [-0.2, -0.15) is 10.5 Å². The highest BCUT2D eigenvalue weighted by atomic mass is 15.2. The summed E-state index contributed by atoms with van der Waals surface area (Å²) in [6.07, 6.45) is 0. The third-order valence-corrected chi connectivity index (χ3v) is 17.6. The molecule has 402 valence electrons. The number of fused-ring (bicyclic) bond motifs is 4. The van der Waals surface area contributed by atoms with Gasteiger partial charge >= 0.3 is 0 Å². The van der Waals surface area contributed by atoms with Crippen LogP contribution in [-0.2, 0) is 10.8 Å². The molecule has 0 atom stereocenters. The zero-order chi connectivity index (χ0) is 57.6. The summed E-state index contributed by atoms with van der Waals surface area (Å²) in [5.41, 5.74) is 22.5. The molecule has 0 N–H and O–H groups in total. The van der Waals surface area contributed by atoms with Crippen molar-refractivity contribution >= 4 is 34.1 Å². The minimum absolute atomic E-state index is 0.565. The maximum Gasteiger partial charge on any atom is 0.0991 e. The van der Waals surface area contributed by atoms with E-state index in [1.165, 1.54) is 0 Å². The Bertz CT molecular complexity index is 4300. The molecule has 15 rings (SSSR count). The highest BCUT2D eigenvalue weighted by molar-refractivity contribution is 6.18. The first-order valence-corrected chi connectivity index (χ1v) is 29.2. The van der Waals surface area contributed by atoms with E-state index < -0.39 is 10.8 Å². The third-order valence-electron chi connectivity index (χ3n) is 17.6. The zero-order valence-corrected chi connectivity index (χ0v) is 47.0. The van der Waals surface area contributed by atoms with Crippen LogP contribution < -0.4 is 9.80 Å². The number of hydrogen-bond donors (Lipinski definition) is 0. The number of nitriles is 2. The number of para-hydroxylation sites is 4. The fourth-order valence-electron chi connectivity index (χ4n) is 14.2. The van der Waals surface area contributed by atoms with E-state index in [-0.39, 0.29) is 0 Å². The van der Waals surface area contributed by atoms with Gasteiger partial charge in [0.1, 0.15) is 0 Å². The molecule has 86 heavy (non-hydrogen) atoms. The average Bonchev–Trinajstić information content (AvgIpc) is 0.788. The molecule has 0 unspecified atom stereocenters. The van der Waals surface area contributed by atoms with Crippen LogP contribution in [0.15, 0.2) is 328 Å². The molecule has 0 aliphatic carbocycles. The molecular formula is C82H54N4. The first kappa shape index (κ1) is 51.3. The van der Waals surface area contributed by atoms with Gasteiger partial charge in [-0.15, -0.1) is 0 Å². The lowest BCUT2D eigenvalue weighted by atomic mass is 9.62. The summed E-state index contributed by atoms with van der Waals surface area (Å²) in [6.45, 7) is 0. The van der Waals surface area contributed by atoms with Crippen LogP contribution in [-0.4, -0.2) is 0 Å². The van der Waals surface area contributed by atoms with Crippen LogP contribution in [0.25, 0.3) is 44.5 Å². The minimum atomic E-state index is -0.760. The summed E-state index contributed by atoms with van der Waals surface area (Å²) in [5, 5.41) is 21.0. The zero-order valence-electron chi connectivity index (χ0n) is 47.0. The molecule has 0 fully saturated rings. The van der Waals surface area contributed by atoms with E-state index in [0.29, 0.717) is 11.1 Å². The van der Waals surface area contributed by atoms with Crippen molar-refractivity contribution in [1.29, 1.82) is 10.5 Å². The molecule has 2 aliphatic heterocycles. The summed E-state index contributed by atoms with van der Waals surface area (Å²) in [4.78, 5) is 5.12. The fraction of sp³-hybridized carbons (Fsp3) is 0.0244. The summed E-state index contributed by atoms with van der Waals surface area (Å²) in [7, 11) is 0. The van der Waals surface area contributed by atoms with E-state index in [1.54, 1.807) is 0 Å². The number of nitrogens with zero attached hydrogens (tertiary/aromatic N) is 4. The Balaban J connectivity index is 1.20. The maximum atomic E-state index is 10.5. The van der Waals surface area contributed by atoms with Crippen LogP contribution in [0.4, 0.5) is 34.1 Å². The predicted molar refractivity (Wildman–Crippen MR) is 351 cm³/mol. The topological polar surface area (TPSA) is 54.1 Å². The summed E-state index contributed by atoms with van der Waals surface area (Å²) >= 11 is 0. The van der Waals surface area contributed by atoms with Gasteiger partial charge in [0, 0.05) is 22.3 Å². The smallest absolute Gasteiger partial charge is 0.0991 e. The first-order chi connectivity index (χ1) is 42.6. The van der Waals surface area contributed by atoms with Gasteiger partial charge in [-0.3, -0.25) is 0 Å². The minimum Gasteiger partial charge on any atom is -0.308 e. The highest BCUT2D eigenvalue weighted by Gasteiger charge is 2.50. The van der Waals surface area contributed by atoms with Crippen LogP contribution >= 0.6 is 0 Å². The van der Waals surface area contributed by atoms with Crippen molar-refractivity contribution in [1.82, 2.24) is 0 Å². The molecule has 0 aromatic heterocycles. The van der Waals surface area contributed by atoms with E-state index in [0.717, 1.165) is 123 Å². The van der Waals surface area contributed by atoms with Crippen LogP contribution in [0.3, 0.4) is 0 Å². The molecule has 0 saturated carbocycles. The monoisotopic (exact) mass is 1090 g/mol. The maximum absolute atomic E-state index is 10.5. The molecule has 0 saturated heterocycles.